The quantitative estimate of drug-likeness (QED) is 0.848. The van der Waals surface area contributed by atoms with Crippen molar-refractivity contribution in [3.8, 4) is 0 Å². The predicted octanol–water partition coefficient (Wildman–Crippen LogP) is 1.85. The van der Waals surface area contributed by atoms with Crippen LogP contribution in [0, 0.1) is 0 Å². The van der Waals surface area contributed by atoms with Gasteiger partial charge in [0.05, 0.1) is 5.56 Å². The van der Waals surface area contributed by atoms with Crippen molar-refractivity contribution in [1.29, 1.82) is 0 Å². The van der Waals surface area contributed by atoms with Gasteiger partial charge in [0.1, 0.15) is 6.26 Å². The van der Waals surface area contributed by atoms with E-state index in [1.807, 2.05) is 13.8 Å². The number of furan rings is 1. The highest BCUT2D eigenvalue weighted by Gasteiger charge is 2.20. The molecule has 0 aliphatic rings. The van der Waals surface area contributed by atoms with Crippen LogP contribution < -0.4 is 0 Å². The van der Waals surface area contributed by atoms with Crippen LogP contribution in [0.2, 0.25) is 0 Å². The molecule has 0 bridgehead atoms. The monoisotopic (exact) mass is 225 g/mol. The Morgan fingerprint density at radius 3 is 2.62 bits per heavy atom. The highest BCUT2D eigenvalue weighted by atomic mass is 16.4. The molecule has 1 amide bonds. The molecule has 1 N–H and O–H groups in total. The zero-order valence-corrected chi connectivity index (χ0v) is 9.56. The van der Waals surface area contributed by atoms with E-state index in [0.717, 1.165) is 12.7 Å². The summed E-state index contributed by atoms with van der Waals surface area (Å²) in [7, 11) is 1.67. The summed E-state index contributed by atoms with van der Waals surface area (Å²) >= 11 is 0. The van der Waals surface area contributed by atoms with Gasteiger partial charge in [-0.3, -0.25) is 4.79 Å². The van der Waals surface area contributed by atoms with Crippen LogP contribution >= 0.6 is 0 Å². The van der Waals surface area contributed by atoms with E-state index >= 15 is 0 Å². The highest BCUT2D eigenvalue weighted by molar-refractivity contribution is 5.95. The van der Waals surface area contributed by atoms with E-state index in [9.17, 15) is 9.59 Å². The summed E-state index contributed by atoms with van der Waals surface area (Å²) in [5.74, 6) is -1.35. The second-order valence-electron chi connectivity index (χ2n) is 3.68. The first-order valence-electron chi connectivity index (χ1n) is 5.06. The van der Waals surface area contributed by atoms with E-state index in [1.165, 1.54) is 11.0 Å². The van der Waals surface area contributed by atoms with Crippen molar-refractivity contribution in [1.82, 2.24) is 4.90 Å². The number of hydrogen-bond donors (Lipinski definition) is 1. The molecule has 0 saturated carbocycles. The lowest BCUT2D eigenvalue weighted by Crippen LogP contribution is -2.34. The van der Waals surface area contributed by atoms with Crippen LogP contribution in [0.15, 0.2) is 16.7 Å². The third kappa shape index (κ3) is 2.42. The van der Waals surface area contributed by atoms with Gasteiger partial charge >= 0.3 is 5.97 Å². The van der Waals surface area contributed by atoms with Crippen molar-refractivity contribution < 1.29 is 19.1 Å². The van der Waals surface area contributed by atoms with Crippen molar-refractivity contribution in [2.75, 3.05) is 7.05 Å². The maximum atomic E-state index is 11.8. The lowest BCUT2D eigenvalue weighted by atomic mass is 10.2. The Hall–Kier alpha value is -1.78. The summed E-state index contributed by atoms with van der Waals surface area (Å²) in [5.41, 5.74) is -0.0131. The maximum Gasteiger partial charge on any atom is 0.338 e. The molecule has 0 fully saturated rings. The molecule has 1 aromatic heterocycles. The zero-order chi connectivity index (χ0) is 12.3. The third-order valence-electron chi connectivity index (χ3n) is 2.63. The molecule has 16 heavy (non-hydrogen) atoms. The van der Waals surface area contributed by atoms with Crippen molar-refractivity contribution in [3.63, 3.8) is 0 Å². The summed E-state index contributed by atoms with van der Waals surface area (Å²) in [6, 6.07) is 1.33. The Kier molecular flexibility index (Phi) is 3.71. The molecule has 0 saturated heterocycles. The van der Waals surface area contributed by atoms with E-state index in [1.54, 1.807) is 7.05 Å². The fourth-order valence-corrected chi connectivity index (χ4v) is 1.21. The molecule has 1 heterocycles. The fourth-order valence-electron chi connectivity index (χ4n) is 1.21. The lowest BCUT2D eigenvalue weighted by Gasteiger charge is -2.22. The van der Waals surface area contributed by atoms with Crippen LogP contribution in [-0.2, 0) is 0 Å². The molecule has 0 aliphatic heterocycles. The summed E-state index contributed by atoms with van der Waals surface area (Å²) in [4.78, 5) is 24.0. The second-order valence-corrected chi connectivity index (χ2v) is 3.68. The van der Waals surface area contributed by atoms with Gasteiger partial charge in [0, 0.05) is 19.2 Å². The minimum atomic E-state index is -1.10. The molecule has 0 aliphatic carbocycles. The van der Waals surface area contributed by atoms with E-state index in [-0.39, 0.29) is 23.3 Å². The van der Waals surface area contributed by atoms with Crippen LogP contribution in [0.1, 0.15) is 41.2 Å². The van der Waals surface area contributed by atoms with Gasteiger partial charge in [-0.25, -0.2) is 4.79 Å². The Balaban J connectivity index is 2.84. The molecule has 88 valence electrons. The first kappa shape index (κ1) is 12.3. The van der Waals surface area contributed by atoms with E-state index < -0.39 is 5.97 Å². The molecule has 0 aromatic carbocycles. The number of carbonyl (C=O) groups excluding carboxylic acids is 1. The molecule has 1 rings (SSSR count). The van der Waals surface area contributed by atoms with Gasteiger partial charge < -0.3 is 14.4 Å². The molecule has 0 spiro atoms. The maximum absolute atomic E-state index is 11.8. The number of amides is 1. The first-order valence-corrected chi connectivity index (χ1v) is 5.06. The number of carboxylic acid groups (broad SMARTS) is 1. The van der Waals surface area contributed by atoms with Gasteiger partial charge in [-0.2, -0.15) is 0 Å². The van der Waals surface area contributed by atoms with Crippen molar-refractivity contribution in [2.45, 2.75) is 26.3 Å². The fraction of sp³-hybridized carbons (Fsp3) is 0.455. The number of aromatic carboxylic acids is 1. The number of hydrogen-bond acceptors (Lipinski definition) is 3. The average molecular weight is 225 g/mol. The third-order valence-corrected chi connectivity index (χ3v) is 2.63. The number of rotatable bonds is 4. The van der Waals surface area contributed by atoms with Gasteiger partial charge in [-0.15, -0.1) is 0 Å². The number of carbonyl (C=O) groups is 2. The van der Waals surface area contributed by atoms with Gasteiger partial charge in [0.15, 0.2) is 5.76 Å². The van der Waals surface area contributed by atoms with Crippen molar-refractivity contribution >= 4 is 11.9 Å². The van der Waals surface area contributed by atoms with E-state index in [2.05, 4.69) is 0 Å². The molecular weight excluding hydrogens is 210 g/mol. The largest absolute Gasteiger partial charge is 0.478 e. The molecule has 0 radical (unpaired) electrons. The summed E-state index contributed by atoms with van der Waals surface area (Å²) in [6.07, 6.45) is 1.90. The van der Waals surface area contributed by atoms with Gasteiger partial charge in [0.2, 0.25) is 0 Å². The average Bonchev–Trinajstić information content (AvgIpc) is 2.75. The number of carboxylic acids is 1. The highest BCUT2D eigenvalue weighted by Crippen LogP contribution is 2.12. The lowest BCUT2D eigenvalue weighted by molar-refractivity contribution is 0.0691. The Morgan fingerprint density at radius 2 is 2.19 bits per heavy atom. The molecule has 5 heteroatoms. The molecule has 1 aromatic rings. The van der Waals surface area contributed by atoms with Crippen molar-refractivity contribution in [2.24, 2.45) is 0 Å². The van der Waals surface area contributed by atoms with Gasteiger partial charge in [0.25, 0.3) is 5.91 Å². The molecule has 1 unspecified atom stereocenters. The standard InChI is InChI=1S/C11H15NO4/c1-4-7(2)12(3)10(13)9-5-8(6-16-9)11(14)15/h5-7H,4H2,1-3H3,(H,14,15). The van der Waals surface area contributed by atoms with Crippen LogP contribution in [0.25, 0.3) is 0 Å². The van der Waals surface area contributed by atoms with Gasteiger partial charge in [-0.05, 0) is 13.3 Å². The van der Waals surface area contributed by atoms with Crippen LogP contribution in [0.3, 0.4) is 0 Å². The SMILES string of the molecule is CCC(C)N(C)C(=O)c1cc(C(=O)O)co1. The Bertz CT molecular complexity index is 396. The topological polar surface area (TPSA) is 70.8 Å². The van der Waals surface area contributed by atoms with Gasteiger partial charge in [-0.1, -0.05) is 6.92 Å². The predicted molar refractivity (Wildman–Crippen MR) is 57.5 cm³/mol. The van der Waals surface area contributed by atoms with Crippen LogP contribution in [0.4, 0.5) is 0 Å². The molecular formula is C11H15NO4. The van der Waals surface area contributed by atoms with Crippen molar-refractivity contribution in [3.05, 3.63) is 23.7 Å². The molecule has 1 atom stereocenters. The molecule has 5 nitrogen and oxygen atoms in total. The second kappa shape index (κ2) is 4.83. The van der Waals surface area contributed by atoms with E-state index in [0.29, 0.717) is 0 Å². The Labute approximate surface area is 93.7 Å². The zero-order valence-electron chi connectivity index (χ0n) is 9.56. The van der Waals surface area contributed by atoms with E-state index in [4.69, 9.17) is 9.52 Å². The summed E-state index contributed by atoms with van der Waals surface area (Å²) in [6.45, 7) is 3.89. The number of nitrogens with zero attached hydrogens (tertiary/aromatic N) is 1. The van der Waals surface area contributed by atoms with Crippen LogP contribution in [0.5, 0.6) is 0 Å². The normalized spacial score (nSPS) is 12.2. The first-order chi connectivity index (χ1) is 7.47. The summed E-state index contributed by atoms with van der Waals surface area (Å²) in [5, 5.41) is 8.69. The van der Waals surface area contributed by atoms with Crippen LogP contribution in [-0.4, -0.2) is 35.0 Å². The minimum absolute atomic E-state index is 0.0131. The summed E-state index contributed by atoms with van der Waals surface area (Å²) < 4.78 is 4.93. The minimum Gasteiger partial charge on any atom is -0.478 e. The Morgan fingerprint density at radius 1 is 1.56 bits per heavy atom. The smallest absolute Gasteiger partial charge is 0.338 e.